The smallest absolute Gasteiger partial charge is 0.0995 e. The van der Waals surface area contributed by atoms with E-state index in [0.717, 1.165) is 105 Å². The molecule has 0 saturated heterocycles. The molecule has 0 unspecified atom stereocenters. The summed E-state index contributed by atoms with van der Waals surface area (Å²) in [4.78, 5) is 15.9. The third-order valence-corrected chi connectivity index (χ3v) is 11.9. The second-order valence-electron chi connectivity index (χ2n) is 15.4. The Balaban J connectivity index is 1.18. The molecule has 0 saturated carbocycles. The van der Waals surface area contributed by atoms with Gasteiger partial charge in [0.25, 0.3) is 0 Å². The van der Waals surface area contributed by atoms with Crippen LogP contribution in [0.25, 0.3) is 71.1 Å². The number of fused-ring (bicyclic) bond motifs is 11. The Labute approximate surface area is 352 Å². The van der Waals surface area contributed by atoms with Crippen LogP contribution in [-0.4, -0.2) is 14.5 Å². The lowest BCUT2D eigenvalue weighted by Crippen LogP contribution is -2.10. The van der Waals surface area contributed by atoms with E-state index in [1.54, 1.807) is 0 Å². The Kier molecular flexibility index (Phi) is 8.10. The van der Waals surface area contributed by atoms with Crippen LogP contribution in [0.3, 0.4) is 0 Å². The van der Waals surface area contributed by atoms with Gasteiger partial charge in [0, 0.05) is 61.4 Å². The summed E-state index contributed by atoms with van der Waals surface area (Å²) in [6.45, 7) is 0. The molecule has 2 aromatic heterocycles. The number of nitrogens with zero attached hydrogens (tertiary/aromatic N) is 5. The lowest BCUT2D eigenvalue weighted by atomic mass is 9.97. The van der Waals surface area contributed by atoms with E-state index in [0.29, 0.717) is 0 Å². The zero-order valence-corrected chi connectivity index (χ0v) is 33.1. The summed E-state index contributed by atoms with van der Waals surface area (Å²) in [5, 5.41) is 6.57. The summed E-state index contributed by atoms with van der Waals surface area (Å²) in [5.74, 6) is 0. The molecule has 2 heterocycles. The summed E-state index contributed by atoms with van der Waals surface area (Å²) in [7, 11) is 0. The van der Waals surface area contributed by atoms with Crippen LogP contribution >= 0.6 is 0 Å². The zero-order chi connectivity index (χ0) is 40.3. The first kappa shape index (κ1) is 34.7. The molecule has 12 aromatic rings. The average molecular weight is 780 g/mol. The lowest BCUT2D eigenvalue weighted by molar-refractivity contribution is 1.18. The average Bonchev–Trinajstić information content (AvgIpc) is 3.68. The van der Waals surface area contributed by atoms with Crippen molar-refractivity contribution < 1.29 is 0 Å². The fourth-order valence-electron chi connectivity index (χ4n) is 9.21. The van der Waals surface area contributed by atoms with E-state index < -0.39 is 0 Å². The minimum atomic E-state index is 0.867. The van der Waals surface area contributed by atoms with Crippen molar-refractivity contribution in [1.82, 2.24) is 14.5 Å². The minimum Gasteiger partial charge on any atom is -0.310 e. The number of para-hydroxylation sites is 6. The molecule has 10 aromatic carbocycles. The number of benzene rings is 10. The Hall–Kier alpha value is -8.28. The fourth-order valence-corrected chi connectivity index (χ4v) is 9.21. The largest absolute Gasteiger partial charge is 0.310 e. The molecule has 0 aliphatic carbocycles. The normalized spacial score (nSPS) is 11.6. The van der Waals surface area contributed by atoms with Crippen LogP contribution < -0.4 is 9.80 Å². The van der Waals surface area contributed by atoms with Crippen molar-refractivity contribution in [2.75, 3.05) is 9.80 Å². The number of anilines is 6. The van der Waals surface area contributed by atoms with Gasteiger partial charge in [-0.15, -0.1) is 0 Å². The SMILES string of the molecule is c1ccc(N(c2ccccc2)c2ccc3c(c2)c2cc(N(c4ccccc4)c4ccccc4)ccc2c2nc4c(ccc5c4c4ccccc4n5-c4ccccc4)nc32)cc1. The van der Waals surface area contributed by atoms with Gasteiger partial charge in [0.05, 0.1) is 33.1 Å². The van der Waals surface area contributed by atoms with Gasteiger partial charge >= 0.3 is 0 Å². The third kappa shape index (κ3) is 5.70. The van der Waals surface area contributed by atoms with Gasteiger partial charge in [0.1, 0.15) is 0 Å². The highest BCUT2D eigenvalue weighted by Gasteiger charge is 2.22. The molecule has 0 aliphatic rings. The van der Waals surface area contributed by atoms with Gasteiger partial charge in [-0.05, 0) is 114 Å². The Bertz CT molecular complexity index is 3490. The van der Waals surface area contributed by atoms with Crippen molar-refractivity contribution >= 4 is 99.5 Å². The molecular formula is C56H37N5. The Morgan fingerprint density at radius 3 is 1.25 bits per heavy atom. The lowest BCUT2D eigenvalue weighted by Gasteiger charge is -2.27. The first-order chi connectivity index (χ1) is 30.3. The van der Waals surface area contributed by atoms with E-state index >= 15 is 0 Å². The number of hydrogen-bond acceptors (Lipinski definition) is 4. The van der Waals surface area contributed by atoms with Crippen molar-refractivity contribution in [3.63, 3.8) is 0 Å². The van der Waals surface area contributed by atoms with Crippen LogP contribution in [0.2, 0.25) is 0 Å². The number of hydrogen-bond donors (Lipinski definition) is 0. The summed E-state index contributed by atoms with van der Waals surface area (Å²) < 4.78 is 2.34. The summed E-state index contributed by atoms with van der Waals surface area (Å²) in [6.07, 6.45) is 0. The number of rotatable bonds is 7. The maximum absolute atomic E-state index is 5.68. The Morgan fingerprint density at radius 1 is 0.295 bits per heavy atom. The van der Waals surface area contributed by atoms with Gasteiger partial charge in [-0.3, -0.25) is 0 Å². The molecule has 5 heteroatoms. The molecule has 286 valence electrons. The van der Waals surface area contributed by atoms with E-state index in [1.807, 2.05) is 0 Å². The molecule has 0 radical (unpaired) electrons. The predicted octanol–water partition coefficient (Wildman–Crippen LogP) is 15.1. The molecule has 0 aliphatic heterocycles. The van der Waals surface area contributed by atoms with Crippen LogP contribution in [0.4, 0.5) is 34.1 Å². The van der Waals surface area contributed by atoms with E-state index in [9.17, 15) is 0 Å². The monoisotopic (exact) mass is 779 g/mol. The van der Waals surface area contributed by atoms with Crippen LogP contribution in [0.5, 0.6) is 0 Å². The third-order valence-electron chi connectivity index (χ3n) is 11.9. The summed E-state index contributed by atoms with van der Waals surface area (Å²) in [6, 6.07) is 79.5. The molecule has 0 N–H and O–H groups in total. The predicted molar refractivity (Wildman–Crippen MR) is 256 cm³/mol. The molecule has 0 fully saturated rings. The van der Waals surface area contributed by atoms with Gasteiger partial charge in [-0.2, -0.15) is 0 Å². The molecule has 0 bridgehead atoms. The van der Waals surface area contributed by atoms with Crippen LogP contribution in [0.1, 0.15) is 0 Å². The number of aromatic nitrogens is 3. The first-order valence-electron chi connectivity index (χ1n) is 20.7. The first-order valence-corrected chi connectivity index (χ1v) is 20.7. The van der Waals surface area contributed by atoms with Crippen molar-refractivity contribution in [3.8, 4) is 5.69 Å². The summed E-state index contributed by atoms with van der Waals surface area (Å²) in [5.41, 5.74) is 13.3. The van der Waals surface area contributed by atoms with Crippen LogP contribution in [0.15, 0.2) is 224 Å². The molecular weight excluding hydrogens is 743 g/mol. The van der Waals surface area contributed by atoms with Gasteiger partial charge in [0.15, 0.2) is 0 Å². The molecule has 12 rings (SSSR count). The van der Waals surface area contributed by atoms with Gasteiger partial charge in [-0.25, -0.2) is 9.97 Å². The minimum absolute atomic E-state index is 0.867. The van der Waals surface area contributed by atoms with Crippen LogP contribution in [-0.2, 0) is 0 Å². The van der Waals surface area contributed by atoms with Gasteiger partial charge in [-0.1, -0.05) is 121 Å². The zero-order valence-electron chi connectivity index (χ0n) is 33.1. The van der Waals surface area contributed by atoms with Crippen molar-refractivity contribution in [3.05, 3.63) is 224 Å². The Morgan fingerprint density at radius 2 is 0.738 bits per heavy atom. The second-order valence-corrected chi connectivity index (χ2v) is 15.4. The van der Waals surface area contributed by atoms with E-state index in [2.05, 4.69) is 239 Å². The van der Waals surface area contributed by atoms with Gasteiger partial charge in [0.2, 0.25) is 0 Å². The fraction of sp³-hybridized carbons (Fsp3) is 0. The van der Waals surface area contributed by atoms with E-state index in [1.165, 1.54) is 0 Å². The highest BCUT2D eigenvalue weighted by Crippen LogP contribution is 2.44. The topological polar surface area (TPSA) is 37.2 Å². The van der Waals surface area contributed by atoms with E-state index in [-0.39, 0.29) is 0 Å². The van der Waals surface area contributed by atoms with E-state index in [4.69, 9.17) is 9.97 Å². The maximum Gasteiger partial charge on any atom is 0.0995 e. The van der Waals surface area contributed by atoms with Crippen molar-refractivity contribution in [2.45, 2.75) is 0 Å². The highest BCUT2D eigenvalue weighted by atomic mass is 15.1. The maximum atomic E-state index is 5.68. The quantitative estimate of drug-likeness (QED) is 0.119. The summed E-state index contributed by atoms with van der Waals surface area (Å²) >= 11 is 0. The van der Waals surface area contributed by atoms with Crippen molar-refractivity contribution in [2.24, 2.45) is 0 Å². The molecule has 0 atom stereocenters. The standard InChI is InChI=1S/C56H37N5/c1-6-18-38(19-7-1)59(39-20-8-2-9-21-39)43-30-32-45-48(36-43)49-37-44(60(40-22-10-3-11-23-40)41-24-12-4-13-25-41)31-33-46(49)55-54(45)57-50-34-35-52-53(56(50)58-55)47-28-16-17-29-51(47)61(52)42-26-14-5-15-27-42/h1-37H. The second kappa shape index (κ2) is 14.2. The molecule has 0 amide bonds. The molecule has 61 heavy (non-hydrogen) atoms. The van der Waals surface area contributed by atoms with Gasteiger partial charge < -0.3 is 14.4 Å². The molecule has 5 nitrogen and oxygen atoms in total. The van der Waals surface area contributed by atoms with Crippen LogP contribution in [0, 0.1) is 0 Å². The van der Waals surface area contributed by atoms with Crippen molar-refractivity contribution in [1.29, 1.82) is 0 Å². The molecule has 0 spiro atoms. The highest BCUT2D eigenvalue weighted by molar-refractivity contribution is 6.27.